The van der Waals surface area contributed by atoms with Gasteiger partial charge in [0.1, 0.15) is 12.1 Å². The number of carbonyl (C=O) groups is 2. The third-order valence-corrected chi connectivity index (χ3v) is 3.24. The van der Waals surface area contributed by atoms with Crippen molar-refractivity contribution in [3.63, 3.8) is 0 Å². The lowest BCUT2D eigenvalue weighted by molar-refractivity contribution is -0.150. The molecule has 1 heterocycles. The molecule has 2 fully saturated rings. The summed E-state index contributed by atoms with van der Waals surface area (Å²) >= 11 is 0. The van der Waals surface area contributed by atoms with Gasteiger partial charge in [0, 0.05) is 6.04 Å². The molecule has 0 radical (unpaired) electrons. The van der Waals surface area contributed by atoms with Crippen molar-refractivity contribution in [2.24, 2.45) is 0 Å². The van der Waals surface area contributed by atoms with Crippen molar-refractivity contribution in [3.05, 3.63) is 0 Å². The van der Waals surface area contributed by atoms with E-state index in [1.165, 1.54) is 0 Å². The van der Waals surface area contributed by atoms with Crippen molar-refractivity contribution >= 4 is 11.8 Å². The predicted octanol–water partition coefficient (Wildman–Crippen LogP) is 0.664. The molecule has 1 N–H and O–H groups in total. The van der Waals surface area contributed by atoms with Crippen molar-refractivity contribution in [3.8, 4) is 0 Å². The molecule has 2 rings (SSSR count). The Balaban J connectivity index is 2.19. The predicted molar refractivity (Wildman–Crippen MR) is 56.2 cm³/mol. The highest BCUT2D eigenvalue weighted by atomic mass is 16.2. The first kappa shape index (κ1) is 10.5. The first-order chi connectivity index (χ1) is 7.19. The van der Waals surface area contributed by atoms with Crippen LogP contribution < -0.4 is 5.32 Å². The minimum atomic E-state index is -0.291. The van der Waals surface area contributed by atoms with Gasteiger partial charge in [0.05, 0.1) is 0 Å². The summed E-state index contributed by atoms with van der Waals surface area (Å²) in [5.41, 5.74) is 0. The van der Waals surface area contributed by atoms with Crippen molar-refractivity contribution in [1.82, 2.24) is 10.2 Å². The highest BCUT2D eigenvalue weighted by Crippen LogP contribution is 2.32. The summed E-state index contributed by atoms with van der Waals surface area (Å²) in [4.78, 5) is 25.7. The van der Waals surface area contributed by atoms with E-state index >= 15 is 0 Å². The maximum absolute atomic E-state index is 12.1. The van der Waals surface area contributed by atoms with Crippen molar-refractivity contribution < 1.29 is 9.59 Å². The molecule has 4 nitrogen and oxygen atoms in total. The van der Waals surface area contributed by atoms with Gasteiger partial charge in [-0.3, -0.25) is 9.59 Å². The average molecular weight is 210 g/mol. The lowest BCUT2D eigenvalue weighted by atomic mass is 10.0. The third-order valence-electron chi connectivity index (χ3n) is 3.24. The fourth-order valence-corrected chi connectivity index (χ4v) is 2.24. The molecule has 0 bridgehead atoms. The van der Waals surface area contributed by atoms with Crippen LogP contribution in [0.5, 0.6) is 0 Å². The van der Waals surface area contributed by atoms with Crippen LogP contribution in [-0.4, -0.2) is 34.8 Å². The van der Waals surface area contributed by atoms with E-state index in [0.29, 0.717) is 18.9 Å². The van der Waals surface area contributed by atoms with Crippen LogP contribution in [-0.2, 0) is 9.59 Å². The van der Waals surface area contributed by atoms with E-state index < -0.39 is 0 Å². The molecule has 4 heteroatoms. The summed E-state index contributed by atoms with van der Waals surface area (Å²) < 4.78 is 0. The zero-order chi connectivity index (χ0) is 11.0. The SMILES string of the molecule is CCC1NC(=O)C(CC)N(C2CC2)C1=O. The smallest absolute Gasteiger partial charge is 0.246 e. The van der Waals surface area contributed by atoms with Crippen LogP contribution in [0.25, 0.3) is 0 Å². The molecule has 0 aromatic rings. The molecule has 1 saturated carbocycles. The molecule has 0 aromatic carbocycles. The Hall–Kier alpha value is -1.06. The van der Waals surface area contributed by atoms with Gasteiger partial charge in [0.2, 0.25) is 11.8 Å². The third kappa shape index (κ3) is 1.73. The second kappa shape index (κ2) is 3.83. The number of nitrogens with one attached hydrogen (secondary N) is 1. The van der Waals surface area contributed by atoms with Crippen LogP contribution in [0.1, 0.15) is 39.5 Å². The van der Waals surface area contributed by atoms with Gasteiger partial charge in [-0.05, 0) is 25.7 Å². The largest absolute Gasteiger partial charge is 0.343 e. The first-order valence-corrected chi connectivity index (χ1v) is 5.81. The van der Waals surface area contributed by atoms with Crippen LogP contribution in [0.15, 0.2) is 0 Å². The highest BCUT2D eigenvalue weighted by molar-refractivity contribution is 5.97. The van der Waals surface area contributed by atoms with E-state index in [4.69, 9.17) is 0 Å². The number of amides is 2. The molecular weight excluding hydrogens is 192 g/mol. The Morgan fingerprint density at radius 1 is 1.27 bits per heavy atom. The van der Waals surface area contributed by atoms with Crippen molar-refractivity contribution in [2.45, 2.75) is 57.7 Å². The number of hydrogen-bond donors (Lipinski definition) is 1. The molecule has 2 unspecified atom stereocenters. The molecule has 0 aromatic heterocycles. The standard InChI is InChI=1S/C11H18N2O2/c1-3-8-11(15)13(7-5-6-7)9(4-2)10(14)12-8/h7-9H,3-6H2,1-2H3,(H,12,14). The number of carbonyl (C=O) groups excluding carboxylic acids is 2. The molecule has 1 aliphatic heterocycles. The molecular formula is C11H18N2O2. The van der Waals surface area contributed by atoms with E-state index in [0.717, 1.165) is 12.8 Å². The van der Waals surface area contributed by atoms with E-state index in [2.05, 4.69) is 5.32 Å². The van der Waals surface area contributed by atoms with Gasteiger partial charge in [-0.25, -0.2) is 0 Å². The molecule has 1 aliphatic carbocycles. The Labute approximate surface area is 90.0 Å². The van der Waals surface area contributed by atoms with Gasteiger partial charge in [-0.15, -0.1) is 0 Å². The number of piperazine rings is 1. The van der Waals surface area contributed by atoms with Crippen LogP contribution >= 0.6 is 0 Å². The minimum absolute atomic E-state index is 0.0239. The Morgan fingerprint density at radius 2 is 1.93 bits per heavy atom. The zero-order valence-corrected chi connectivity index (χ0v) is 9.32. The van der Waals surface area contributed by atoms with E-state index in [-0.39, 0.29) is 23.9 Å². The summed E-state index contributed by atoms with van der Waals surface area (Å²) in [6.45, 7) is 3.89. The second-order valence-corrected chi connectivity index (χ2v) is 4.37. The van der Waals surface area contributed by atoms with Crippen molar-refractivity contribution in [1.29, 1.82) is 0 Å². The van der Waals surface area contributed by atoms with Crippen molar-refractivity contribution in [2.75, 3.05) is 0 Å². The Morgan fingerprint density at radius 3 is 2.40 bits per heavy atom. The molecule has 84 valence electrons. The first-order valence-electron chi connectivity index (χ1n) is 5.81. The number of nitrogens with zero attached hydrogens (tertiary/aromatic N) is 1. The fraction of sp³-hybridized carbons (Fsp3) is 0.818. The number of rotatable bonds is 3. The maximum Gasteiger partial charge on any atom is 0.246 e. The van der Waals surface area contributed by atoms with E-state index in [1.54, 1.807) is 0 Å². The van der Waals surface area contributed by atoms with Crippen LogP contribution in [0.2, 0.25) is 0 Å². The highest BCUT2D eigenvalue weighted by Gasteiger charge is 2.45. The molecule has 0 spiro atoms. The van der Waals surface area contributed by atoms with Crippen LogP contribution in [0.3, 0.4) is 0 Å². The van der Waals surface area contributed by atoms with Gasteiger partial charge in [0.15, 0.2) is 0 Å². The molecule has 2 atom stereocenters. The van der Waals surface area contributed by atoms with E-state index in [9.17, 15) is 9.59 Å². The normalized spacial score (nSPS) is 31.7. The molecule has 2 amide bonds. The topological polar surface area (TPSA) is 49.4 Å². The Bertz CT molecular complexity index is 286. The summed E-state index contributed by atoms with van der Waals surface area (Å²) in [6, 6.07) is -0.184. The molecule has 15 heavy (non-hydrogen) atoms. The monoisotopic (exact) mass is 210 g/mol. The Kier molecular flexibility index (Phi) is 2.67. The fourth-order valence-electron chi connectivity index (χ4n) is 2.24. The number of hydrogen-bond acceptors (Lipinski definition) is 2. The zero-order valence-electron chi connectivity index (χ0n) is 9.32. The van der Waals surface area contributed by atoms with Crippen LogP contribution in [0, 0.1) is 0 Å². The van der Waals surface area contributed by atoms with Gasteiger partial charge < -0.3 is 10.2 Å². The van der Waals surface area contributed by atoms with Gasteiger partial charge in [-0.2, -0.15) is 0 Å². The second-order valence-electron chi connectivity index (χ2n) is 4.37. The lowest BCUT2D eigenvalue weighted by Gasteiger charge is -2.38. The summed E-state index contributed by atoms with van der Waals surface area (Å²) in [6.07, 6.45) is 3.52. The van der Waals surface area contributed by atoms with E-state index in [1.807, 2.05) is 18.7 Å². The van der Waals surface area contributed by atoms with Gasteiger partial charge in [0.25, 0.3) is 0 Å². The minimum Gasteiger partial charge on any atom is -0.343 e. The molecule has 1 saturated heterocycles. The van der Waals surface area contributed by atoms with Gasteiger partial charge >= 0.3 is 0 Å². The summed E-state index contributed by atoms with van der Waals surface area (Å²) in [5.74, 6) is 0.141. The van der Waals surface area contributed by atoms with Crippen LogP contribution in [0.4, 0.5) is 0 Å². The maximum atomic E-state index is 12.1. The summed E-state index contributed by atoms with van der Waals surface area (Å²) in [7, 11) is 0. The lowest BCUT2D eigenvalue weighted by Crippen LogP contribution is -2.63. The summed E-state index contributed by atoms with van der Waals surface area (Å²) in [5, 5.41) is 2.80. The molecule has 2 aliphatic rings. The average Bonchev–Trinajstić information content (AvgIpc) is 3.03. The van der Waals surface area contributed by atoms with Gasteiger partial charge in [-0.1, -0.05) is 13.8 Å². The quantitative estimate of drug-likeness (QED) is 0.744.